The van der Waals surface area contributed by atoms with Gasteiger partial charge in [0.1, 0.15) is 11.9 Å². The second-order valence-corrected chi connectivity index (χ2v) is 6.27. The Balaban J connectivity index is 1.91. The molecule has 2 atom stereocenters. The number of hydrogen-bond donors (Lipinski definition) is 3. The molecule has 0 saturated carbocycles. The summed E-state index contributed by atoms with van der Waals surface area (Å²) in [5.74, 6) is -5.63. The molecular formula is C19H16F3N3O3. The zero-order chi connectivity index (χ0) is 20.4. The Labute approximate surface area is 158 Å². The molecule has 3 amide bonds. The number of nitrogens with one attached hydrogen (secondary N) is 3. The first-order valence-electron chi connectivity index (χ1n) is 8.36. The van der Waals surface area contributed by atoms with Crippen LogP contribution in [-0.2, 0) is 14.4 Å². The summed E-state index contributed by atoms with van der Waals surface area (Å²) in [6, 6.07) is 5.16. The highest BCUT2D eigenvalue weighted by Gasteiger charge is 2.33. The molecule has 2 aromatic rings. The first-order valence-corrected chi connectivity index (χ1v) is 8.36. The lowest BCUT2D eigenvalue weighted by atomic mass is 9.89. The van der Waals surface area contributed by atoms with E-state index in [-0.39, 0.29) is 17.7 Å². The maximum absolute atomic E-state index is 13.6. The number of carbonyl (C=O) groups excluding carboxylic acids is 3. The van der Waals surface area contributed by atoms with Crippen LogP contribution in [0.4, 0.5) is 18.9 Å². The number of likely N-dealkylation sites (N-methyl/N-ethyl adjacent to an activating group) is 1. The predicted octanol–water partition coefficient (Wildman–Crippen LogP) is 2.13. The van der Waals surface area contributed by atoms with Crippen LogP contribution in [0.3, 0.4) is 0 Å². The monoisotopic (exact) mass is 391 g/mol. The average molecular weight is 391 g/mol. The van der Waals surface area contributed by atoms with Crippen LogP contribution in [0.15, 0.2) is 36.4 Å². The first kappa shape index (κ1) is 19.4. The lowest BCUT2D eigenvalue weighted by Gasteiger charge is -2.27. The number of halogens is 3. The van der Waals surface area contributed by atoms with Gasteiger partial charge in [0.25, 0.3) is 0 Å². The molecule has 0 aliphatic carbocycles. The second-order valence-electron chi connectivity index (χ2n) is 6.27. The Bertz CT molecular complexity index is 965. The van der Waals surface area contributed by atoms with E-state index in [0.717, 1.165) is 24.3 Å². The number of benzene rings is 2. The molecule has 9 heteroatoms. The summed E-state index contributed by atoms with van der Waals surface area (Å²) in [5.41, 5.74) is 0.589. The highest BCUT2D eigenvalue weighted by atomic mass is 19.2. The van der Waals surface area contributed by atoms with Crippen LogP contribution >= 0.6 is 0 Å². The summed E-state index contributed by atoms with van der Waals surface area (Å²) < 4.78 is 40.2. The molecule has 0 bridgehead atoms. The van der Waals surface area contributed by atoms with Gasteiger partial charge in [0, 0.05) is 19.2 Å². The Kier molecular flexibility index (Phi) is 5.34. The highest BCUT2D eigenvalue weighted by molar-refractivity contribution is 6.02. The third-order valence-electron chi connectivity index (χ3n) is 4.44. The van der Waals surface area contributed by atoms with Crippen molar-refractivity contribution in [3.05, 3.63) is 65.0 Å². The van der Waals surface area contributed by atoms with E-state index in [1.165, 1.54) is 19.2 Å². The van der Waals surface area contributed by atoms with Crippen molar-refractivity contribution in [1.82, 2.24) is 10.6 Å². The molecule has 1 aliphatic rings. The Morgan fingerprint density at radius 3 is 2.54 bits per heavy atom. The maximum atomic E-state index is 13.6. The lowest BCUT2D eigenvalue weighted by molar-refractivity contribution is -0.130. The van der Waals surface area contributed by atoms with Crippen molar-refractivity contribution in [2.75, 3.05) is 12.4 Å². The van der Waals surface area contributed by atoms with Crippen molar-refractivity contribution in [3.63, 3.8) is 0 Å². The summed E-state index contributed by atoms with van der Waals surface area (Å²) in [7, 11) is 1.33. The highest BCUT2D eigenvalue weighted by Crippen LogP contribution is 2.33. The third-order valence-corrected chi connectivity index (χ3v) is 4.44. The number of hydrogen-bond acceptors (Lipinski definition) is 3. The quantitative estimate of drug-likeness (QED) is 0.746. The molecule has 0 aromatic heterocycles. The van der Waals surface area contributed by atoms with E-state index in [1.807, 2.05) is 0 Å². The second kappa shape index (κ2) is 7.71. The molecule has 0 radical (unpaired) electrons. The van der Waals surface area contributed by atoms with Crippen molar-refractivity contribution in [2.45, 2.75) is 18.4 Å². The Morgan fingerprint density at radius 1 is 1.11 bits per heavy atom. The van der Waals surface area contributed by atoms with Gasteiger partial charge in [-0.15, -0.1) is 0 Å². The standard InChI is InChI=1S/C19H16F3N3O3/c1-23-19(28)17(9-2-5-13(21)14(22)6-9)25-18(27)12-8-16(26)24-15-7-10(20)3-4-11(12)15/h2-7,12,17H,8H2,1H3,(H,23,28)(H,24,26)(H,25,27). The van der Waals surface area contributed by atoms with Crippen molar-refractivity contribution >= 4 is 23.4 Å². The zero-order valence-electron chi connectivity index (χ0n) is 14.7. The SMILES string of the molecule is CNC(=O)C(NC(=O)C1CC(=O)Nc2cc(F)ccc21)c1ccc(F)c(F)c1. The number of rotatable bonds is 4. The largest absolute Gasteiger partial charge is 0.357 e. The summed E-state index contributed by atoms with van der Waals surface area (Å²) in [6.45, 7) is 0. The van der Waals surface area contributed by atoms with Gasteiger partial charge >= 0.3 is 0 Å². The topological polar surface area (TPSA) is 87.3 Å². The molecule has 0 spiro atoms. The van der Waals surface area contributed by atoms with Crippen LogP contribution in [-0.4, -0.2) is 24.8 Å². The van der Waals surface area contributed by atoms with Gasteiger partial charge in [-0.2, -0.15) is 0 Å². The first-order chi connectivity index (χ1) is 13.3. The van der Waals surface area contributed by atoms with Crippen molar-refractivity contribution < 1.29 is 27.6 Å². The van der Waals surface area contributed by atoms with Gasteiger partial charge in [0.15, 0.2) is 11.6 Å². The molecule has 146 valence electrons. The average Bonchev–Trinajstić information content (AvgIpc) is 2.66. The van der Waals surface area contributed by atoms with Crippen molar-refractivity contribution in [2.24, 2.45) is 0 Å². The summed E-state index contributed by atoms with van der Waals surface area (Å²) in [6.07, 6.45) is -0.206. The summed E-state index contributed by atoms with van der Waals surface area (Å²) in [5, 5.41) is 7.29. The molecule has 6 nitrogen and oxygen atoms in total. The Morgan fingerprint density at radius 2 is 1.86 bits per heavy atom. The van der Waals surface area contributed by atoms with Crippen LogP contribution in [0.2, 0.25) is 0 Å². The van der Waals surface area contributed by atoms with Gasteiger partial charge in [-0.05, 0) is 35.4 Å². The molecule has 2 unspecified atom stereocenters. The van der Waals surface area contributed by atoms with E-state index in [0.29, 0.717) is 5.56 Å². The number of fused-ring (bicyclic) bond motifs is 1. The van der Waals surface area contributed by atoms with Crippen LogP contribution in [0.25, 0.3) is 0 Å². The van der Waals surface area contributed by atoms with Crippen LogP contribution in [0.1, 0.15) is 29.5 Å². The number of amides is 3. The third kappa shape index (κ3) is 3.83. The van der Waals surface area contributed by atoms with E-state index in [1.54, 1.807) is 0 Å². The van der Waals surface area contributed by atoms with E-state index < -0.39 is 47.1 Å². The van der Waals surface area contributed by atoms with Gasteiger partial charge in [-0.3, -0.25) is 14.4 Å². The van der Waals surface area contributed by atoms with Gasteiger partial charge in [0.2, 0.25) is 17.7 Å². The van der Waals surface area contributed by atoms with E-state index in [4.69, 9.17) is 0 Å². The van der Waals surface area contributed by atoms with Gasteiger partial charge < -0.3 is 16.0 Å². The summed E-state index contributed by atoms with van der Waals surface area (Å²) >= 11 is 0. The molecule has 0 fully saturated rings. The van der Waals surface area contributed by atoms with Crippen LogP contribution < -0.4 is 16.0 Å². The maximum Gasteiger partial charge on any atom is 0.246 e. The fraction of sp³-hybridized carbons (Fsp3) is 0.211. The number of anilines is 1. The molecule has 28 heavy (non-hydrogen) atoms. The van der Waals surface area contributed by atoms with Gasteiger partial charge in [0.05, 0.1) is 5.92 Å². The van der Waals surface area contributed by atoms with E-state index >= 15 is 0 Å². The van der Waals surface area contributed by atoms with Crippen molar-refractivity contribution in [1.29, 1.82) is 0 Å². The molecule has 3 N–H and O–H groups in total. The minimum atomic E-state index is -1.30. The van der Waals surface area contributed by atoms with Gasteiger partial charge in [-0.25, -0.2) is 13.2 Å². The molecule has 1 aliphatic heterocycles. The Hall–Kier alpha value is -3.36. The van der Waals surface area contributed by atoms with Crippen molar-refractivity contribution in [3.8, 4) is 0 Å². The number of carbonyl (C=O) groups is 3. The molecular weight excluding hydrogens is 375 g/mol. The molecule has 0 saturated heterocycles. The van der Waals surface area contributed by atoms with Crippen LogP contribution in [0.5, 0.6) is 0 Å². The fourth-order valence-corrected chi connectivity index (χ4v) is 3.05. The van der Waals surface area contributed by atoms with Gasteiger partial charge in [-0.1, -0.05) is 12.1 Å². The predicted molar refractivity (Wildman–Crippen MR) is 93.7 cm³/mol. The molecule has 2 aromatic carbocycles. The minimum Gasteiger partial charge on any atom is -0.357 e. The molecule has 3 rings (SSSR count). The molecule has 1 heterocycles. The fourth-order valence-electron chi connectivity index (χ4n) is 3.05. The smallest absolute Gasteiger partial charge is 0.246 e. The summed E-state index contributed by atoms with van der Waals surface area (Å²) in [4.78, 5) is 36.9. The van der Waals surface area contributed by atoms with E-state index in [2.05, 4.69) is 16.0 Å². The normalized spacial score (nSPS) is 16.6. The zero-order valence-corrected chi connectivity index (χ0v) is 14.7. The van der Waals surface area contributed by atoms with Crippen LogP contribution in [0, 0.1) is 17.5 Å². The van der Waals surface area contributed by atoms with E-state index in [9.17, 15) is 27.6 Å². The minimum absolute atomic E-state index is 0.0335. The lowest BCUT2D eigenvalue weighted by Crippen LogP contribution is -2.42.